The average Bonchev–Trinajstić information content (AvgIpc) is 3.31. The zero-order valence-electron chi connectivity index (χ0n) is 15.4. The molecular weight excluding hydrogens is 430 g/mol. The molecule has 1 aliphatic heterocycles. The van der Waals surface area contributed by atoms with E-state index in [-0.39, 0.29) is 18.2 Å². The number of benzene rings is 1. The number of thiazole rings is 1. The van der Waals surface area contributed by atoms with Gasteiger partial charge in [0.25, 0.3) is 5.91 Å². The van der Waals surface area contributed by atoms with E-state index in [9.17, 15) is 14.4 Å². The standard InChI is InChI=1S/C19H17N3O4S3/c1-26-17(25)13-6-4-12(5-7-13)11-14-16(24)22(19(27)29-14)9-2-3-15(23)21-18-20-8-10-28-18/h4-8,10-11H,2-3,9H2,1H3,(H,20,21,23)/b14-11+. The number of methoxy groups -OCH3 is 1. The third-order valence-electron chi connectivity index (χ3n) is 3.97. The van der Waals surface area contributed by atoms with E-state index in [4.69, 9.17) is 12.2 Å². The van der Waals surface area contributed by atoms with Gasteiger partial charge in [-0.3, -0.25) is 14.5 Å². The lowest BCUT2D eigenvalue weighted by atomic mass is 10.1. The summed E-state index contributed by atoms with van der Waals surface area (Å²) in [6, 6.07) is 6.75. The van der Waals surface area contributed by atoms with Gasteiger partial charge in [-0.25, -0.2) is 9.78 Å². The summed E-state index contributed by atoms with van der Waals surface area (Å²) in [5, 5.41) is 5.05. The Morgan fingerprint density at radius 1 is 1.31 bits per heavy atom. The van der Waals surface area contributed by atoms with Crippen LogP contribution in [0.1, 0.15) is 28.8 Å². The highest BCUT2D eigenvalue weighted by molar-refractivity contribution is 8.26. The maximum atomic E-state index is 12.6. The minimum atomic E-state index is -0.415. The molecule has 0 bridgehead atoms. The van der Waals surface area contributed by atoms with Crippen LogP contribution in [0.15, 0.2) is 40.7 Å². The molecule has 2 heterocycles. The summed E-state index contributed by atoms with van der Waals surface area (Å²) in [5.41, 5.74) is 1.22. The Bertz CT molecular complexity index is 956. The minimum Gasteiger partial charge on any atom is -0.465 e. The monoisotopic (exact) mass is 447 g/mol. The number of anilines is 1. The smallest absolute Gasteiger partial charge is 0.337 e. The van der Waals surface area contributed by atoms with Gasteiger partial charge in [0.2, 0.25) is 5.91 Å². The summed E-state index contributed by atoms with van der Waals surface area (Å²) < 4.78 is 5.14. The quantitative estimate of drug-likeness (QED) is 0.394. The fourth-order valence-corrected chi connectivity index (χ4v) is 4.40. The number of ether oxygens (including phenoxy) is 1. The van der Waals surface area contributed by atoms with E-state index in [0.29, 0.717) is 32.9 Å². The first kappa shape index (κ1) is 21.2. The summed E-state index contributed by atoms with van der Waals surface area (Å²) in [5.74, 6) is -0.745. The number of amides is 2. The van der Waals surface area contributed by atoms with E-state index in [1.165, 1.54) is 35.1 Å². The van der Waals surface area contributed by atoms with Gasteiger partial charge in [0.05, 0.1) is 17.6 Å². The van der Waals surface area contributed by atoms with Crippen LogP contribution in [0.25, 0.3) is 6.08 Å². The lowest BCUT2D eigenvalue weighted by Gasteiger charge is -2.13. The van der Waals surface area contributed by atoms with Crippen molar-refractivity contribution in [1.29, 1.82) is 0 Å². The lowest BCUT2D eigenvalue weighted by molar-refractivity contribution is -0.122. The van der Waals surface area contributed by atoms with Crippen molar-refractivity contribution in [1.82, 2.24) is 9.88 Å². The number of carbonyl (C=O) groups is 3. The molecule has 2 amide bonds. The van der Waals surface area contributed by atoms with Crippen molar-refractivity contribution < 1.29 is 19.1 Å². The van der Waals surface area contributed by atoms with Gasteiger partial charge in [-0.05, 0) is 30.2 Å². The number of esters is 1. The van der Waals surface area contributed by atoms with Crippen LogP contribution in [0.3, 0.4) is 0 Å². The SMILES string of the molecule is COC(=O)c1ccc(/C=C2/SC(=S)N(CCCC(=O)Nc3nccs3)C2=O)cc1. The van der Waals surface area contributed by atoms with Crippen LogP contribution in [0.2, 0.25) is 0 Å². The summed E-state index contributed by atoms with van der Waals surface area (Å²) in [6.07, 6.45) is 4.11. The van der Waals surface area contributed by atoms with E-state index in [1.54, 1.807) is 41.9 Å². The molecule has 0 aliphatic carbocycles. The van der Waals surface area contributed by atoms with Crippen LogP contribution in [0, 0.1) is 0 Å². The summed E-state index contributed by atoms with van der Waals surface area (Å²) in [4.78, 5) is 42.1. The van der Waals surface area contributed by atoms with Crippen LogP contribution >= 0.6 is 35.3 Å². The lowest BCUT2D eigenvalue weighted by Crippen LogP contribution is -2.29. The normalized spacial score (nSPS) is 15.1. The van der Waals surface area contributed by atoms with E-state index >= 15 is 0 Å². The zero-order valence-corrected chi connectivity index (χ0v) is 17.9. The van der Waals surface area contributed by atoms with Crippen molar-refractivity contribution in [2.75, 3.05) is 19.0 Å². The highest BCUT2D eigenvalue weighted by Crippen LogP contribution is 2.32. The number of carbonyl (C=O) groups excluding carboxylic acids is 3. The van der Waals surface area contributed by atoms with Gasteiger partial charge in [-0.2, -0.15) is 0 Å². The minimum absolute atomic E-state index is 0.147. The van der Waals surface area contributed by atoms with E-state index in [1.807, 2.05) is 0 Å². The molecule has 1 aromatic heterocycles. The van der Waals surface area contributed by atoms with Crippen LogP contribution in [-0.2, 0) is 14.3 Å². The summed E-state index contributed by atoms with van der Waals surface area (Å²) in [6.45, 7) is 0.370. The van der Waals surface area contributed by atoms with Gasteiger partial charge in [0, 0.05) is 24.5 Å². The van der Waals surface area contributed by atoms with Crippen LogP contribution in [-0.4, -0.2) is 45.6 Å². The number of rotatable bonds is 7. The third kappa shape index (κ3) is 5.49. The van der Waals surface area contributed by atoms with Gasteiger partial charge in [0.1, 0.15) is 4.32 Å². The number of aromatic nitrogens is 1. The molecular formula is C19H17N3O4S3. The number of hydrogen-bond donors (Lipinski definition) is 1. The Labute approximate surface area is 181 Å². The number of nitrogens with one attached hydrogen (secondary N) is 1. The first-order valence-corrected chi connectivity index (χ1v) is 10.7. The van der Waals surface area contributed by atoms with Crippen LogP contribution < -0.4 is 5.32 Å². The molecule has 29 heavy (non-hydrogen) atoms. The van der Waals surface area contributed by atoms with Crippen molar-refractivity contribution >= 4 is 68.6 Å². The predicted octanol–water partition coefficient (Wildman–Crippen LogP) is 3.55. The zero-order chi connectivity index (χ0) is 20.8. The van der Waals surface area contributed by atoms with Gasteiger partial charge in [-0.15, -0.1) is 11.3 Å². The second-order valence-corrected chi connectivity index (χ2v) is 8.51. The molecule has 1 fully saturated rings. The number of thioether (sulfide) groups is 1. The molecule has 10 heteroatoms. The van der Waals surface area contributed by atoms with Gasteiger partial charge < -0.3 is 10.1 Å². The summed E-state index contributed by atoms with van der Waals surface area (Å²) in [7, 11) is 1.32. The predicted molar refractivity (Wildman–Crippen MR) is 118 cm³/mol. The molecule has 0 unspecified atom stereocenters. The van der Waals surface area contributed by atoms with Gasteiger partial charge in [0.15, 0.2) is 5.13 Å². The van der Waals surface area contributed by atoms with Crippen LogP contribution in [0.5, 0.6) is 0 Å². The molecule has 150 valence electrons. The largest absolute Gasteiger partial charge is 0.465 e. The van der Waals surface area contributed by atoms with Crippen molar-refractivity contribution in [3.8, 4) is 0 Å². The van der Waals surface area contributed by atoms with E-state index in [2.05, 4.69) is 15.0 Å². The topological polar surface area (TPSA) is 88.6 Å². The molecule has 0 radical (unpaired) electrons. The molecule has 1 saturated heterocycles. The first-order chi connectivity index (χ1) is 14.0. The molecule has 0 saturated carbocycles. The van der Waals surface area contributed by atoms with Crippen molar-refractivity contribution in [2.45, 2.75) is 12.8 Å². The second-order valence-electron chi connectivity index (χ2n) is 5.94. The Kier molecular flexibility index (Phi) is 7.13. The molecule has 1 aromatic carbocycles. The third-order valence-corrected chi connectivity index (χ3v) is 6.03. The van der Waals surface area contributed by atoms with Gasteiger partial charge >= 0.3 is 5.97 Å². The highest BCUT2D eigenvalue weighted by Gasteiger charge is 2.31. The fourth-order valence-electron chi connectivity index (χ4n) is 2.54. The van der Waals surface area contributed by atoms with Crippen molar-refractivity contribution in [2.24, 2.45) is 0 Å². The number of thiocarbonyl (C=S) groups is 1. The van der Waals surface area contributed by atoms with Gasteiger partial charge in [-0.1, -0.05) is 36.1 Å². The fraction of sp³-hybridized carbons (Fsp3) is 0.211. The molecule has 1 N–H and O–H groups in total. The summed E-state index contributed by atoms with van der Waals surface area (Å²) >= 11 is 7.88. The first-order valence-electron chi connectivity index (χ1n) is 8.61. The molecule has 7 nitrogen and oxygen atoms in total. The Morgan fingerprint density at radius 3 is 2.72 bits per heavy atom. The molecule has 2 aromatic rings. The maximum absolute atomic E-state index is 12.6. The molecule has 0 atom stereocenters. The number of hydrogen-bond acceptors (Lipinski definition) is 8. The Balaban J connectivity index is 1.55. The highest BCUT2D eigenvalue weighted by atomic mass is 32.2. The second kappa shape index (κ2) is 9.77. The van der Waals surface area contributed by atoms with E-state index in [0.717, 1.165) is 5.56 Å². The van der Waals surface area contributed by atoms with Crippen molar-refractivity contribution in [3.05, 3.63) is 51.9 Å². The van der Waals surface area contributed by atoms with Crippen molar-refractivity contribution in [3.63, 3.8) is 0 Å². The Hall–Kier alpha value is -2.56. The molecule has 1 aliphatic rings. The Morgan fingerprint density at radius 2 is 2.07 bits per heavy atom. The molecule has 3 rings (SSSR count). The van der Waals surface area contributed by atoms with Crippen LogP contribution in [0.4, 0.5) is 5.13 Å². The average molecular weight is 448 g/mol. The number of nitrogens with zero attached hydrogens (tertiary/aromatic N) is 2. The maximum Gasteiger partial charge on any atom is 0.337 e. The van der Waals surface area contributed by atoms with E-state index < -0.39 is 5.97 Å². The molecule has 0 spiro atoms.